The van der Waals surface area contributed by atoms with Crippen molar-refractivity contribution in [2.24, 2.45) is 11.3 Å². The molecule has 0 radical (unpaired) electrons. The maximum Gasteiger partial charge on any atom is 0.328 e. The Kier molecular flexibility index (Phi) is 2.61. The van der Waals surface area contributed by atoms with Gasteiger partial charge in [-0.15, -0.1) is 6.58 Å². The van der Waals surface area contributed by atoms with Crippen molar-refractivity contribution in [1.29, 1.82) is 0 Å². The fourth-order valence-electron chi connectivity index (χ4n) is 2.51. The normalized spacial score (nSPS) is 27.2. The third-order valence-corrected chi connectivity index (χ3v) is 3.29. The number of allylic oxidation sites excluding steroid dienone is 3. The number of amides is 4. The number of carbonyl (C=O) groups excluding carboxylic acids is 3. The second kappa shape index (κ2) is 3.84. The number of imide groups is 2. The lowest BCUT2D eigenvalue weighted by Crippen LogP contribution is -2.63. The molecule has 0 aromatic carbocycles. The molecule has 4 amide bonds. The van der Waals surface area contributed by atoms with Crippen LogP contribution in [0.15, 0.2) is 24.3 Å². The Morgan fingerprint density at radius 2 is 1.94 bits per heavy atom. The molecule has 1 aliphatic carbocycles. The van der Waals surface area contributed by atoms with Crippen LogP contribution in [0, 0.1) is 11.3 Å². The van der Waals surface area contributed by atoms with E-state index in [1.54, 1.807) is 6.08 Å². The van der Waals surface area contributed by atoms with E-state index in [0.29, 0.717) is 12.8 Å². The van der Waals surface area contributed by atoms with Crippen molar-refractivity contribution in [3.8, 4) is 0 Å². The first-order chi connectivity index (χ1) is 7.98. The number of hydrogen-bond acceptors (Lipinski definition) is 3. The lowest BCUT2D eigenvalue weighted by Gasteiger charge is -2.38. The van der Waals surface area contributed by atoms with E-state index in [2.05, 4.69) is 17.2 Å². The van der Waals surface area contributed by atoms with Crippen LogP contribution < -0.4 is 10.6 Å². The second-order valence-electron chi connectivity index (χ2n) is 4.61. The van der Waals surface area contributed by atoms with Crippen LogP contribution in [-0.4, -0.2) is 17.8 Å². The zero-order valence-electron chi connectivity index (χ0n) is 9.58. The monoisotopic (exact) mass is 234 g/mol. The molecule has 1 aliphatic heterocycles. The summed E-state index contributed by atoms with van der Waals surface area (Å²) in [6.07, 6.45) is 4.41. The average Bonchev–Trinajstić information content (AvgIpc) is 2.25. The Labute approximate surface area is 98.9 Å². The molecule has 2 N–H and O–H groups in total. The van der Waals surface area contributed by atoms with Crippen LogP contribution in [-0.2, 0) is 9.59 Å². The molecule has 1 fully saturated rings. The van der Waals surface area contributed by atoms with Crippen LogP contribution in [0.3, 0.4) is 0 Å². The highest BCUT2D eigenvalue weighted by molar-refractivity contribution is 6.19. The largest absolute Gasteiger partial charge is 0.328 e. The summed E-state index contributed by atoms with van der Waals surface area (Å²) in [5, 5.41) is 4.33. The summed E-state index contributed by atoms with van der Waals surface area (Å²) < 4.78 is 0. The summed E-state index contributed by atoms with van der Waals surface area (Å²) in [6.45, 7) is 5.56. The fraction of sp³-hybridized carbons (Fsp3) is 0.417. The smallest absolute Gasteiger partial charge is 0.277 e. The van der Waals surface area contributed by atoms with E-state index in [1.165, 1.54) is 0 Å². The van der Waals surface area contributed by atoms with Gasteiger partial charge in [0.05, 0.1) is 0 Å². The van der Waals surface area contributed by atoms with E-state index in [0.717, 1.165) is 5.57 Å². The number of barbiturate groups is 1. The average molecular weight is 234 g/mol. The predicted molar refractivity (Wildman–Crippen MR) is 60.8 cm³/mol. The molecule has 0 bridgehead atoms. The number of nitrogens with one attached hydrogen (secondary N) is 2. The van der Waals surface area contributed by atoms with Crippen LogP contribution in [0.25, 0.3) is 0 Å². The highest BCUT2D eigenvalue weighted by atomic mass is 16.2. The van der Waals surface area contributed by atoms with Gasteiger partial charge < -0.3 is 0 Å². The van der Waals surface area contributed by atoms with Gasteiger partial charge in [0.15, 0.2) is 0 Å². The van der Waals surface area contributed by atoms with Gasteiger partial charge in [-0.3, -0.25) is 20.2 Å². The molecule has 1 atom stereocenters. The van der Waals surface area contributed by atoms with Crippen molar-refractivity contribution >= 4 is 17.8 Å². The summed E-state index contributed by atoms with van der Waals surface area (Å²) in [5.74, 6) is -1.04. The summed E-state index contributed by atoms with van der Waals surface area (Å²) in [4.78, 5) is 34.9. The van der Waals surface area contributed by atoms with Gasteiger partial charge in [0.1, 0.15) is 5.41 Å². The molecule has 90 valence electrons. The van der Waals surface area contributed by atoms with Gasteiger partial charge in [-0.1, -0.05) is 17.7 Å². The molecule has 2 rings (SSSR count). The molecule has 5 nitrogen and oxygen atoms in total. The van der Waals surface area contributed by atoms with E-state index in [1.807, 2.05) is 13.0 Å². The van der Waals surface area contributed by atoms with Gasteiger partial charge in [-0.2, -0.15) is 0 Å². The van der Waals surface area contributed by atoms with Gasteiger partial charge >= 0.3 is 6.03 Å². The van der Waals surface area contributed by atoms with E-state index < -0.39 is 23.3 Å². The van der Waals surface area contributed by atoms with Gasteiger partial charge in [0, 0.05) is 0 Å². The Morgan fingerprint density at radius 3 is 2.47 bits per heavy atom. The summed E-state index contributed by atoms with van der Waals surface area (Å²) >= 11 is 0. The SMILES string of the molecule is C=CC1C=C(C)CC2(C1)C(=O)NC(=O)NC2=O. The third-order valence-electron chi connectivity index (χ3n) is 3.29. The van der Waals surface area contributed by atoms with Crippen LogP contribution in [0.1, 0.15) is 19.8 Å². The van der Waals surface area contributed by atoms with Crippen LogP contribution in [0.4, 0.5) is 4.79 Å². The first-order valence-electron chi connectivity index (χ1n) is 5.44. The highest BCUT2D eigenvalue weighted by Gasteiger charge is 2.52. The molecule has 17 heavy (non-hydrogen) atoms. The fourth-order valence-corrected chi connectivity index (χ4v) is 2.51. The van der Waals surface area contributed by atoms with Gasteiger partial charge in [0.2, 0.25) is 11.8 Å². The number of urea groups is 1. The van der Waals surface area contributed by atoms with Gasteiger partial charge in [-0.25, -0.2) is 4.79 Å². The molecule has 0 saturated carbocycles. The number of hydrogen-bond donors (Lipinski definition) is 2. The van der Waals surface area contributed by atoms with Crippen LogP contribution in [0.2, 0.25) is 0 Å². The van der Waals surface area contributed by atoms with E-state index >= 15 is 0 Å². The molecular weight excluding hydrogens is 220 g/mol. The summed E-state index contributed by atoms with van der Waals surface area (Å²) in [5.41, 5.74) is -0.202. The van der Waals surface area contributed by atoms with Gasteiger partial charge in [0.25, 0.3) is 0 Å². The van der Waals surface area contributed by atoms with E-state index in [9.17, 15) is 14.4 Å². The van der Waals surface area contributed by atoms with Gasteiger partial charge in [-0.05, 0) is 25.7 Å². The Bertz CT molecular complexity index is 431. The summed E-state index contributed by atoms with van der Waals surface area (Å²) in [6, 6.07) is -0.743. The molecule has 5 heteroatoms. The predicted octanol–water partition coefficient (Wildman–Crippen LogP) is 0.881. The van der Waals surface area contributed by atoms with Crippen molar-refractivity contribution in [2.75, 3.05) is 0 Å². The zero-order valence-corrected chi connectivity index (χ0v) is 9.58. The standard InChI is InChI=1S/C12H14N2O3/c1-3-8-4-7(2)5-12(6-8)9(15)13-11(17)14-10(12)16/h3-4,8H,1,5-6H2,2H3,(H2,13,14,15,16,17). The number of rotatable bonds is 1. The van der Waals surface area contributed by atoms with Crippen molar-refractivity contribution in [3.05, 3.63) is 24.3 Å². The Balaban J connectivity index is 2.39. The molecule has 0 aromatic rings. The first kappa shape index (κ1) is 11.6. The second-order valence-corrected chi connectivity index (χ2v) is 4.61. The van der Waals surface area contributed by atoms with E-state index in [4.69, 9.17) is 0 Å². The minimum Gasteiger partial charge on any atom is -0.277 e. The first-order valence-corrected chi connectivity index (χ1v) is 5.44. The van der Waals surface area contributed by atoms with Crippen molar-refractivity contribution in [2.45, 2.75) is 19.8 Å². The molecular formula is C12H14N2O3. The maximum atomic E-state index is 11.9. The number of carbonyl (C=O) groups is 3. The molecule has 2 aliphatic rings. The van der Waals surface area contributed by atoms with E-state index in [-0.39, 0.29) is 5.92 Å². The third kappa shape index (κ3) is 1.77. The van der Waals surface area contributed by atoms with Crippen molar-refractivity contribution < 1.29 is 14.4 Å². The Morgan fingerprint density at radius 1 is 1.35 bits per heavy atom. The zero-order chi connectivity index (χ0) is 12.6. The van der Waals surface area contributed by atoms with Crippen LogP contribution in [0.5, 0.6) is 0 Å². The van der Waals surface area contributed by atoms with Crippen molar-refractivity contribution in [1.82, 2.24) is 10.6 Å². The molecule has 1 saturated heterocycles. The van der Waals surface area contributed by atoms with Crippen molar-refractivity contribution in [3.63, 3.8) is 0 Å². The quantitative estimate of drug-likeness (QED) is 0.522. The minimum atomic E-state index is -1.16. The maximum absolute atomic E-state index is 11.9. The minimum absolute atomic E-state index is 0.0200. The molecule has 0 aromatic heterocycles. The highest BCUT2D eigenvalue weighted by Crippen LogP contribution is 2.40. The molecule has 1 heterocycles. The topological polar surface area (TPSA) is 75.3 Å². The van der Waals surface area contributed by atoms with Crippen LogP contribution >= 0.6 is 0 Å². The molecule has 1 unspecified atom stereocenters. The molecule has 1 spiro atoms. The lowest BCUT2D eigenvalue weighted by atomic mass is 9.68. The lowest BCUT2D eigenvalue weighted by molar-refractivity contribution is -0.145. The Hall–Kier alpha value is -1.91. The summed E-state index contributed by atoms with van der Waals surface area (Å²) in [7, 11) is 0.